The number of rotatable bonds is 3. The zero-order valence-corrected chi connectivity index (χ0v) is 11.3. The Labute approximate surface area is 119 Å². The SMILES string of the molecule is Cc1nc(Oc2cccc(CCl)c2)ccc1C(F)(F)F. The molecule has 0 aliphatic carbocycles. The molecular weight excluding hydrogens is 291 g/mol. The molecule has 0 aliphatic heterocycles. The van der Waals surface area contributed by atoms with Crippen LogP contribution in [0.2, 0.25) is 0 Å². The highest BCUT2D eigenvalue weighted by molar-refractivity contribution is 6.17. The van der Waals surface area contributed by atoms with Crippen molar-refractivity contribution in [2.75, 3.05) is 0 Å². The van der Waals surface area contributed by atoms with Crippen LogP contribution in [0.5, 0.6) is 11.6 Å². The number of aromatic nitrogens is 1. The van der Waals surface area contributed by atoms with E-state index in [4.69, 9.17) is 16.3 Å². The number of benzene rings is 1. The first kappa shape index (κ1) is 14.7. The van der Waals surface area contributed by atoms with Crippen LogP contribution >= 0.6 is 11.6 Å². The first-order valence-electron chi connectivity index (χ1n) is 5.78. The Bertz CT molecular complexity index is 614. The zero-order valence-electron chi connectivity index (χ0n) is 10.5. The van der Waals surface area contributed by atoms with Gasteiger partial charge in [-0.3, -0.25) is 0 Å². The second-order valence-corrected chi connectivity index (χ2v) is 4.43. The summed E-state index contributed by atoms with van der Waals surface area (Å²) >= 11 is 5.70. The van der Waals surface area contributed by atoms with Crippen LogP contribution in [-0.2, 0) is 12.1 Å². The van der Waals surface area contributed by atoms with E-state index in [0.717, 1.165) is 11.6 Å². The van der Waals surface area contributed by atoms with E-state index in [-0.39, 0.29) is 11.6 Å². The van der Waals surface area contributed by atoms with E-state index in [0.29, 0.717) is 11.6 Å². The summed E-state index contributed by atoms with van der Waals surface area (Å²) in [6.45, 7) is 1.30. The van der Waals surface area contributed by atoms with E-state index in [1.165, 1.54) is 13.0 Å². The molecule has 0 atom stereocenters. The molecule has 1 aromatic carbocycles. The lowest BCUT2D eigenvalue weighted by molar-refractivity contribution is -0.138. The highest BCUT2D eigenvalue weighted by atomic mass is 35.5. The molecule has 0 amide bonds. The van der Waals surface area contributed by atoms with Gasteiger partial charge in [-0.05, 0) is 30.7 Å². The van der Waals surface area contributed by atoms with Gasteiger partial charge in [0.05, 0.1) is 11.3 Å². The standard InChI is InChI=1S/C14H11ClF3NO/c1-9-12(14(16,17)18)5-6-13(19-9)20-11-4-2-3-10(7-11)8-15/h2-7H,8H2,1H3. The largest absolute Gasteiger partial charge is 0.439 e. The number of aryl methyl sites for hydroxylation is 1. The van der Waals surface area contributed by atoms with Crippen LogP contribution in [0.25, 0.3) is 0 Å². The third kappa shape index (κ3) is 3.42. The molecule has 2 nitrogen and oxygen atoms in total. The molecule has 0 saturated carbocycles. The van der Waals surface area contributed by atoms with E-state index in [9.17, 15) is 13.2 Å². The van der Waals surface area contributed by atoms with Crippen molar-refractivity contribution < 1.29 is 17.9 Å². The first-order chi connectivity index (χ1) is 9.40. The lowest BCUT2D eigenvalue weighted by Crippen LogP contribution is -2.08. The van der Waals surface area contributed by atoms with Gasteiger partial charge in [-0.1, -0.05) is 12.1 Å². The van der Waals surface area contributed by atoms with Gasteiger partial charge in [0.2, 0.25) is 5.88 Å². The lowest BCUT2D eigenvalue weighted by Gasteiger charge is -2.11. The summed E-state index contributed by atoms with van der Waals surface area (Å²) < 4.78 is 43.3. The highest BCUT2D eigenvalue weighted by Crippen LogP contribution is 2.32. The molecule has 1 aromatic heterocycles. The van der Waals surface area contributed by atoms with Crippen molar-refractivity contribution in [3.8, 4) is 11.6 Å². The second kappa shape index (κ2) is 5.71. The molecule has 0 N–H and O–H groups in total. The Kier molecular flexibility index (Phi) is 4.18. The van der Waals surface area contributed by atoms with Crippen molar-refractivity contribution in [3.63, 3.8) is 0 Å². The fourth-order valence-corrected chi connectivity index (χ4v) is 1.87. The lowest BCUT2D eigenvalue weighted by atomic mass is 10.2. The number of pyridine rings is 1. The molecule has 2 aromatic rings. The normalized spacial score (nSPS) is 11.4. The maximum Gasteiger partial charge on any atom is 0.418 e. The van der Waals surface area contributed by atoms with Crippen molar-refractivity contribution >= 4 is 11.6 Å². The van der Waals surface area contributed by atoms with Crippen LogP contribution in [0, 0.1) is 6.92 Å². The minimum absolute atomic E-state index is 0.113. The second-order valence-electron chi connectivity index (χ2n) is 4.16. The maximum atomic E-state index is 12.6. The molecule has 2 rings (SSSR count). The number of halogens is 4. The van der Waals surface area contributed by atoms with Crippen LogP contribution < -0.4 is 4.74 Å². The number of ether oxygens (including phenoxy) is 1. The average molecular weight is 302 g/mol. The summed E-state index contributed by atoms with van der Waals surface area (Å²) in [6.07, 6.45) is -4.41. The summed E-state index contributed by atoms with van der Waals surface area (Å²) in [5, 5.41) is 0. The van der Waals surface area contributed by atoms with E-state index in [2.05, 4.69) is 4.98 Å². The van der Waals surface area contributed by atoms with Gasteiger partial charge < -0.3 is 4.74 Å². The van der Waals surface area contributed by atoms with Crippen molar-refractivity contribution in [1.82, 2.24) is 4.98 Å². The molecule has 106 valence electrons. The summed E-state index contributed by atoms with van der Waals surface area (Å²) in [4.78, 5) is 3.82. The summed E-state index contributed by atoms with van der Waals surface area (Å²) in [5.74, 6) is 0.925. The van der Waals surface area contributed by atoms with Crippen molar-refractivity contribution in [1.29, 1.82) is 0 Å². The number of nitrogens with zero attached hydrogens (tertiary/aromatic N) is 1. The van der Waals surface area contributed by atoms with E-state index >= 15 is 0 Å². The van der Waals surface area contributed by atoms with Gasteiger partial charge in [0, 0.05) is 11.9 Å². The number of hydrogen-bond donors (Lipinski definition) is 0. The van der Waals surface area contributed by atoms with Crippen LogP contribution in [-0.4, -0.2) is 4.98 Å². The predicted octanol–water partition coefficient (Wildman–Crippen LogP) is 4.94. The maximum absolute atomic E-state index is 12.6. The van der Waals surface area contributed by atoms with Gasteiger partial charge in [-0.25, -0.2) is 4.98 Å². The molecule has 20 heavy (non-hydrogen) atoms. The van der Waals surface area contributed by atoms with E-state index < -0.39 is 11.7 Å². The monoisotopic (exact) mass is 301 g/mol. The Morgan fingerprint density at radius 2 is 1.95 bits per heavy atom. The van der Waals surface area contributed by atoms with Gasteiger partial charge in [0.1, 0.15) is 5.75 Å². The Hall–Kier alpha value is -1.75. The smallest absolute Gasteiger partial charge is 0.418 e. The molecule has 0 spiro atoms. The third-order valence-corrected chi connectivity index (χ3v) is 2.95. The molecule has 0 fully saturated rings. The van der Waals surface area contributed by atoms with Crippen molar-refractivity contribution in [2.24, 2.45) is 0 Å². The number of alkyl halides is 4. The van der Waals surface area contributed by atoms with Crippen LogP contribution in [0.1, 0.15) is 16.8 Å². The Morgan fingerprint density at radius 1 is 1.20 bits per heavy atom. The summed E-state index contributed by atoms with van der Waals surface area (Å²) in [6, 6.07) is 9.13. The van der Waals surface area contributed by atoms with Gasteiger partial charge in [-0.2, -0.15) is 13.2 Å². The van der Waals surface area contributed by atoms with Gasteiger partial charge >= 0.3 is 6.18 Å². The molecule has 1 heterocycles. The fraction of sp³-hybridized carbons (Fsp3) is 0.214. The Morgan fingerprint density at radius 3 is 2.55 bits per heavy atom. The molecular formula is C14H11ClF3NO. The van der Waals surface area contributed by atoms with E-state index in [1.807, 2.05) is 6.07 Å². The number of hydrogen-bond acceptors (Lipinski definition) is 2. The minimum Gasteiger partial charge on any atom is -0.439 e. The van der Waals surface area contributed by atoms with E-state index in [1.54, 1.807) is 18.2 Å². The first-order valence-corrected chi connectivity index (χ1v) is 6.31. The van der Waals surface area contributed by atoms with Crippen molar-refractivity contribution in [2.45, 2.75) is 19.0 Å². The topological polar surface area (TPSA) is 22.1 Å². The third-order valence-electron chi connectivity index (χ3n) is 2.64. The van der Waals surface area contributed by atoms with Crippen LogP contribution in [0.15, 0.2) is 36.4 Å². The molecule has 0 aliphatic rings. The summed E-state index contributed by atoms with van der Waals surface area (Å²) in [7, 11) is 0. The average Bonchev–Trinajstić information content (AvgIpc) is 2.37. The quantitative estimate of drug-likeness (QED) is 0.749. The molecule has 0 bridgehead atoms. The molecule has 0 saturated heterocycles. The van der Waals surface area contributed by atoms with Gasteiger partial charge in [0.15, 0.2) is 0 Å². The molecule has 0 radical (unpaired) electrons. The molecule has 6 heteroatoms. The van der Waals surface area contributed by atoms with Crippen molar-refractivity contribution in [3.05, 3.63) is 53.2 Å². The van der Waals surface area contributed by atoms with Gasteiger partial charge in [0.25, 0.3) is 0 Å². The minimum atomic E-state index is -4.41. The van der Waals surface area contributed by atoms with Gasteiger partial charge in [-0.15, -0.1) is 11.6 Å². The molecule has 0 unspecified atom stereocenters. The fourth-order valence-electron chi connectivity index (χ4n) is 1.71. The Balaban J connectivity index is 2.24. The predicted molar refractivity (Wildman–Crippen MR) is 70.0 cm³/mol. The van der Waals surface area contributed by atoms with Crippen LogP contribution in [0.4, 0.5) is 13.2 Å². The zero-order chi connectivity index (χ0) is 14.8. The summed E-state index contributed by atoms with van der Waals surface area (Å²) in [5.41, 5.74) is -0.0318. The highest BCUT2D eigenvalue weighted by Gasteiger charge is 2.33. The van der Waals surface area contributed by atoms with Crippen LogP contribution in [0.3, 0.4) is 0 Å².